The highest BCUT2D eigenvalue weighted by Gasteiger charge is 2.31. The summed E-state index contributed by atoms with van der Waals surface area (Å²) in [5.74, 6) is 0.0543. The van der Waals surface area contributed by atoms with E-state index in [1.54, 1.807) is 6.07 Å². The molecule has 0 aromatic heterocycles. The summed E-state index contributed by atoms with van der Waals surface area (Å²) < 4.78 is 0. The van der Waals surface area contributed by atoms with Crippen molar-refractivity contribution in [1.29, 1.82) is 0 Å². The van der Waals surface area contributed by atoms with Crippen molar-refractivity contribution in [2.45, 2.75) is 32.2 Å². The second-order valence-corrected chi connectivity index (χ2v) is 5.20. The SMILES string of the molecule is CCCNc1ccc(Cl)cc1C(=O)N(C)C1CC1. The molecule has 0 unspecified atom stereocenters. The first-order valence-electron chi connectivity index (χ1n) is 6.44. The number of hydrogen-bond donors (Lipinski definition) is 1. The van der Waals surface area contributed by atoms with E-state index in [4.69, 9.17) is 11.6 Å². The fourth-order valence-electron chi connectivity index (χ4n) is 1.92. The maximum absolute atomic E-state index is 12.4. The summed E-state index contributed by atoms with van der Waals surface area (Å²) in [6, 6.07) is 5.86. The number of carbonyl (C=O) groups is 1. The van der Waals surface area contributed by atoms with Crippen molar-refractivity contribution in [2.75, 3.05) is 18.9 Å². The lowest BCUT2D eigenvalue weighted by Crippen LogP contribution is -2.29. The van der Waals surface area contributed by atoms with E-state index in [9.17, 15) is 4.79 Å². The number of nitrogens with zero attached hydrogens (tertiary/aromatic N) is 1. The van der Waals surface area contributed by atoms with Gasteiger partial charge in [0.1, 0.15) is 0 Å². The van der Waals surface area contributed by atoms with Gasteiger partial charge in [0, 0.05) is 30.3 Å². The summed E-state index contributed by atoms with van der Waals surface area (Å²) in [6.07, 6.45) is 3.25. The van der Waals surface area contributed by atoms with E-state index in [1.165, 1.54) is 0 Å². The zero-order valence-corrected chi connectivity index (χ0v) is 11.6. The van der Waals surface area contributed by atoms with Crippen LogP contribution in [-0.2, 0) is 0 Å². The maximum atomic E-state index is 12.4. The number of anilines is 1. The fraction of sp³-hybridized carbons (Fsp3) is 0.500. The summed E-state index contributed by atoms with van der Waals surface area (Å²) in [6.45, 7) is 2.95. The van der Waals surface area contributed by atoms with Crippen LogP contribution in [0.4, 0.5) is 5.69 Å². The number of halogens is 1. The first-order chi connectivity index (χ1) is 8.63. The first kappa shape index (κ1) is 13.2. The summed E-state index contributed by atoms with van der Waals surface area (Å²) in [7, 11) is 1.87. The average molecular weight is 267 g/mol. The van der Waals surface area contributed by atoms with E-state index in [0.29, 0.717) is 16.6 Å². The van der Waals surface area contributed by atoms with Crippen LogP contribution in [-0.4, -0.2) is 30.4 Å². The van der Waals surface area contributed by atoms with E-state index in [-0.39, 0.29) is 5.91 Å². The molecule has 2 rings (SSSR count). The predicted octanol–water partition coefficient (Wildman–Crippen LogP) is 3.40. The van der Waals surface area contributed by atoms with Crippen LogP contribution in [0.5, 0.6) is 0 Å². The molecule has 0 atom stereocenters. The number of benzene rings is 1. The van der Waals surface area contributed by atoms with Crippen molar-refractivity contribution in [1.82, 2.24) is 4.90 Å². The van der Waals surface area contributed by atoms with Gasteiger partial charge in [-0.1, -0.05) is 18.5 Å². The molecule has 1 aliphatic rings. The van der Waals surface area contributed by atoms with E-state index in [1.807, 2.05) is 24.1 Å². The Kier molecular flexibility index (Phi) is 4.12. The molecule has 1 saturated carbocycles. The van der Waals surface area contributed by atoms with Crippen LogP contribution >= 0.6 is 11.6 Å². The molecule has 0 saturated heterocycles. The highest BCUT2D eigenvalue weighted by atomic mass is 35.5. The Morgan fingerprint density at radius 1 is 1.50 bits per heavy atom. The molecule has 1 amide bonds. The van der Waals surface area contributed by atoms with Crippen LogP contribution in [0.3, 0.4) is 0 Å². The van der Waals surface area contributed by atoms with Gasteiger partial charge in [-0.2, -0.15) is 0 Å². The normalized spacial score (nSPS) is 14.4. The van der Waals surface area contributed by atoms with E-state index in [0.717, 1.165) is 31.5 Å². The Balaban J connectivity index is 2.22. The van der Waals surface area contributed by atoms with Crippen LogP contribution < -0.4 is 5.32 Å². The third-order valence-corrected chi connectivity index (χ3v) is 3.43. The lowest BCUT2D eigenvalue weighted by molar-refractivity contribution is 0.0786. The fourth-order valence-corrected chi connectivity index (χ4v) is 2.10. The first-order valence-corrected chi connectivity index (χ1v) is 6.82. The molecule has 0 spiro atoms. The van der Waals surface area contributed by atoms with Crippen LogP contribution in [0.2, 0.25) is 5.02 Å². The average Bonchev–Trinajstić information content (AvgIpc) is 3.19. The summed E-state index contributed by atoms with van der Waals surface area (Å²) in [5.41, 5.74) is 1.55. The number of amides is 1. The highest BCUT2D eigenvalue weighted by Crippen LogP contribution is 2.29. The quantitative estimate of drug-likeness (QED) is 0.886. The third-order valence-electron chi connectivity index (χ3n) is 3.19. The van der Waals surface area contributed by atoms with Gasteiger partial charge in [0.05, 0.1) is 5.56 Å². The summed E-state index contributed by atoms with van der Waals surface area (Å²) in [4.78, 5) is 14.2. The smallest absolute Gasteiger partial charge is 0.255 e. The molecule has 98 valence electrons. The Morgan fingerprint density at radius 3 is 2.83 bits per heavy atom. The largest absolute Gasteiger partial charge is 0.384 e. The van der Waals surface area contributed by atoms with Crippen LogP contribution in [0.15, 0.2) is 18.2 Å². The van der Waals surface area contributed by atoms with Crippen LogP contribution in [0.1, 0.15) is 36.5 Å². The van der Waals surface area contributed by atoms with Gasteiger partial charge < -0.3 is 10.2 Å². The molecule has 0 bridgehead atoms. The number of rotatable bonds is 5. The number of nitrogens with one attached hydrogen (secondary N) is 1. The lowest BCUT2D eigenvalue weighted by Gasteiger charge is -2.19. The Morgan fingerprint density at radius 2 is 2.22 bits per heavy atom. The third kappa shape index (κ3) is 2.96. The maximum Gasteiger partial charge on any atom is 0.255 e. The molecule has 1 fully saturated rings. The summed E-state index contributed by atoms with van der Waals surface area (Å²) >= 11 is 6.00. The summed E-state index contributed by atoms with van der Waals surface area (Å²) in [5, 5.41) is 3.88. The minimum absolute atomic E-state index is 0.0543. The lowest BCUT2D eigenvalue weighted by atomic mass is 10.1. The molecule has 0 heterocycles. The molecular weight excluding hydrogens is 248 g/mol. The molecule has 0 aliphatic heterocycles. The van der Waals surface area contributed by atoms with Crippen molar-refractivity contribution < 1.29 is 4.79 Å². The minimum atomic E-state index is 0.0543. The molecule has 1 aromatic rings. The van der Waals surface area contributed by atoms with Crippen LogP contribution in [0.25, 0.3) is 0 Å². The Labute approximate surface area is 113 Å². The van der Waals surface area contributed by atoms with Crippen molar-refractivity contribution in [3.63, 3.8) is 0 Å². The molecule has 4 heteroatoms. The molecule has 1 aliphatic carbocycles. The molecule has 0 radical (unpaired) electrons. The molecular formula is C14H19ClN2O. The van der Waals surface area contributed by atoms with Gasteiger partial charge in [0.25, 0.3) is 5.91 Å². The van der Waals surface area contributed by atoms with Crippen molar-refractivity contribution >= 4 is 23.2 Å². The minimum Gasteiger partial charge on any atom is -0.384 e. The van der Waals surface area contributed by atoms with Gasteiger partial charge in [-0.25, -0.2) is 0 Å². The highest BCUT2D eigenvalue weighted by molar-refractivity contribution is 6.31. The molecule has 1 aromatic carbocycles. The van der Waals surface area contributed by atoms with Crippen molar-refractivity contribution in [3.8, 4) is 0 Å². The monoisotopic (exact) mass is 266 g/mol. The van der Waals surface area contributed by atoms with Gasteiger partial charge >= 0.3 is 0 Å². The zero-order valence-electron chi connectivity index (χ0n) is 10.9. The van der Waals surface area contributed by atoms with E-state index >= 15 is 0 Å². The van der Waals surface area contributed by atoms with Crippen molar-refractivity contribution in [2.24, 2.45) is 0 Å². The topological polar surface area (TPSA) is 32.3 Å². The second kappa shape index (κ2) is 5.61. The van der Waals surface area contributed by atoms with Crippen molar-refractivity contribution in [3.05, 3.63) is 28.8 Å². The second-order valence-electron chi connectivity index (χ2n) is 4.76. The Bertz CT molecular complexity index is 443. The van der Waals surface area contributed by atoms with Gasteiger partial charge in [0.15, 0.2) is 0 Å². The zero-order chi connectivity index (χ0) is 13.1. The van der Waals surface area contributed by atoms with Gasteiger partial charge in [-0.05, 0) is 37.5 Å². The molecule has 18 heavy (non-hydrogen) atoms. The van der Waals surface area contributed by atoms with E-state index < -0.39 is 0 Å². The Hall–Kier alpha value is -1.22. The molecule has 3 nitrogen and oxygen atoms in total. The predicted molar refractivity (Wildman–Crippen MR) is 75.3 cm³/mol. The van der Waals surface area contributed by atoms with Gasteiger partial charge in [-0.3, -0.25) is 4.79 Å². The molecule has 1 N–H and O–H groups in total. The van der Waals surface area contributed by atoms with Gasteiger partial charge in [-0.15, -0.1) is 0 Å². The van der Waals surface area contributed by atoms with E-state index in [2.05, 4.69) is 12.2 Å². The van der Waals surface area contributed by atoms with Gasteiger partial charge in [0.2, 0.25) is 0 Å². The standard InChI is InChI=1S/C14H19ClN2O/c1-3-8-16-13-7-4-10(15)9-12(13)14(18)17(2)11-5-6-11/h4,7,9,11,16H,3,5-6,8H2,1-2H3. The number of hydrogen-bond acceptors (Lipinski definition) is 2. The number of carbonyl (C=O) groups excluding carboxylic acids is 1. The van der Waals surface area contributed by atoms with Crippen LogP contribution in [0, 0.1) is 0 Å².